The van der Waals surface area contributed by atoms with Crippen LogP contribution in [0.4, 0.5) is 0 Å². The fourth-order valence-electron chi connectivity index (χ4n) is 9.81. The topological polar surface area (TPSA) is 38.7 Å². The fourth-order valence-corrected chi connectivity index (χ4v) is 9.81. The van der Waals surface area contributed by atoms with E-state index in [2.05, 4.69) is 214 Å². The van der Waals surface area contributed by atoms with Crippen LogP contribution in [0.25, 0.3) is 111 Å². The molecule has 0 spiro atoms. The van der Waals surface area contributed by atoms with Gasteiger partial charge in [-0.2, -0.15) is 0 Å². The van der Waals surface area contributed by atoms with Crippen LogP contribution in [0.1, 0.15) is 25.0 Å². The SMILES string of the molecule is CC1(C)c2ccccc2-c2ccc(-c3ccc4c(c3)c3ccccc3c3ccc(-c5nc(-c6ccc(-c7ccccc7)cc6)nc(-c6ccc(-c7ccccc7)cc6)n5)cc34)cc21. The first-order valence-electron chi connectivity index (χ1n) is 21.7. The van der Waals surface area contributed by atoms with Gasteiger partial charge in [0.25, 0.3) is 0 Å². The maximum atomic E-state index is 5.20. The van der Waals surface area contributed by atoms with Gasteiger partial charge in [-0.15, -0.1) is 0 Å². The number of benzene rings is 10. The van der Waals surface area contributed by atoms with Crippen molar-refractivity contribution in [3.05, 3.63) is 223 Å². The Labute approximate surface area is 367 Å². The van der Waals surface area contributed by atoms with E-state index in [4.69, 9.17) is 15.0 Å². The van der Waals surface area contributed by atoms with Gasteiger partial charge in [-0.25, -0.2) is 15.0 Å². The van der Waals surface area contributed by atoms with Crippen molar-refractivity contribution >= 4 is 32.3 Å². The average Bonchev–Trinajstić information content (AvgIpc) is 3.59. The molecular weight excluding hydrogens is 763 g/mol. The Balaban J connectivity index is 0.998. The Morgan fingerprint density at radius 1 is 0.254 bits per heavy atom. The van der Waals surface area contributed by atoms with Crippen LogP contribution in [0, 0.1) is 0 Å². The van der Waals surface area contributed by atoms with Crippen LogP contribution in [-0.4, -0.2) is 15.0 Å². The summed E-state index contributed by atoms with van der Waals surface area (Å²) in [7, 11) is 0. The summed E-state index contributed by atoms with van der Waals surface area (Å²) >= 11 is 0. The summed E-state index contributed by atoms with van der Waals surface area (Å²) in [5, 5.41) is 7.26. The fraction of sp³-hybridized carbons (Fsp3) is 0.0500. The molecule has 0 bridgehead atoms. The molecule has 1 aliphatic carbocycles. The molecule has 296 valence electrons. The number of fused-ring (bicyclic) bond motifs is 9. The number of rotatable bonds is 6. The molecule has 0 radical (unpaired) electrons. The third-order valence-electron chi connectivity index (χ3n) is 13.1. The van der Waals surface area contributed by atoms with Crippen molar-refractivity contribution in [2.45, 2.75) is 19.3 Å². The molecule has 0 N–H and O–H groups in total. The molecule has 12 rings (SSSR count). The molecule has 1 aliphatic rings. The van der Waals surface area contributed by atoms with Crippen LogP contribution in [-0.2, 0) is 5.41 Å². The lowest BCUT2D eigenvalue weighted by Crippen LogP contribution is -2.14. The highest BCUT2D eigenvalue weighted by molar-refractivity contribution is 6.26. The Morgan fingerprint density at radius 2 is 0.619 bits per heavy atom. The zero-order valence-electron chi connectivity index (χ0n) is 35.0. The molecule has 0 saturated heterocycles. The maximum absolute atomic E-state index is 5.20. The highest BCUT2D eigenvalue weighted by Gasteiger charge is 2.35. The predicted molar refractivity (Wildman–Crippen MR) is 263 cm³/mol. The Morgan fingerprint density at radius 3 is 1.22 bits per heavy atom. The zero-order valence-corrected chi connectivity index (χ0v) is 35.0. The minimum atomic E-state index is -0.0654. The molecule has 1 aromatic heterocycles. The van der Waals surface area contributed by atoms with Gasteiger partial charge < -0.3 is 0 Å². The zero-order chi connectivity index (χ0) is 42.1. The summed E-state index contributed by atoms with van der Waals surface area (Å²) in [5.41, 5.74) is 15.3. The number of nitrogens with zero attached hydrogens (tertiary/aromatic N) is 3. The normalized spacial score (nSPS) is 12.7. The van der Waals surface area contributed by atoms with Gasteiger partial charge >= 0.3 is 0 Å². The Kier molecular flexibility index (Phi) is 8.52. The van der Waals surface area contributed by atoms with E-state index in [-0.39, 0.29) is 5.41 Å². The van der Waals surface area contributed by atoms with Crippen molar-refractivity contribution in [1.82, 2.24) is 15.0 Å². The number of hydrogen-bond donors (Lipinski definition) is 0. The molecular formula is C60H41N3. The summed E-state index contributed by atoms with van der Waals surface area (Å²) in [6, 6.07) is 76.3. The minimum Gasteiger partial charge on any atom is -0.208 e. The van der Waals surface area contributed by atoms with Crippen molar-refractivity contribution in [3.63, 3.8) is 0 Å². The van der Waals surface area contributed by atoms with Crippen LogP contribution < -0.4 is 0 Å². The molecule has 1 heterocycles. The molecule has 63 heavy (non-hydrogen) atoms. The van der Waals surface area contributed by atoms with E-state index < -0.39 is 0 Å². The van der Waals surface area contributed by atoms with Gasteiger partial charge in [0.2, 0.25) is 0 Å². The second-order valence-corrected chi connectivity index (χ2v) is 17.2. The van der Waals surface area contributed by atoms with Crippen molar-refractivity contribution < 1.29 is 0 Å². The minimum absolute atomic E-state index is 0.0654. The predicted octanol–water partition coefficient (Wildman–Crippen LogP) is 15.6. The number of aromatic nitrogens is 3. The molecule has 11 aromatic rings. The first-order valence-corrected chi connectivity index (χ1v) is 21.7. The molecule has 0 aliphatic heterocycles. The van der Waals surface area contributed by atoms with Crippen molar-refractivity contribution in [2.24, 2.45) is 0 Å². The maximum Gasteiger partial charge on any atom is 0.164 e. The van der Waals surface area contributed by atoms with Gasteiger partial charge in [0.15, 0.2) is 17.5 Å². The Bertz CT molecular complexity index is 3450. The molecule has 0 saturated carbocycles. The second kappa shape index (κ2) is 14.6. The lowest BCUT2D eigenvalue weighted by Gasteiger charge is -2.22. The summed E-state index contributed by atoms with van der Waals surface area (Å²) in [4.78, 5) is 15.5. The highest BCUT2D eigenvalue weighted by Crippen LogP contribution is 2.50. The smallest absolute Gasteiger partial charge is 0.164 e. The van der Waals surface area contributed by atoms with Gasteiger partial charge in [-0.3, -0.25) is 0 Å². The molecule has 0 fully saturated rings. The lowest BCUT2D eigenvalue weighted by molar-refractivity contribution is 0.660. The van der Waals surface area contributed by atoms with Crippen molar-refractivity contribution in [1.29, 1.82) is 0 Å². The van der Waals surface area contributed by atoms with Crippen LogP contribution in [0.5, 0.6) is 0 Å². The first-order chi connectivity index (χ1) is 31.0. The van der Waals surface area contributed by atoms with Crippen LogP contribution >= 0.6 is 0 Å². The average molecular weight is 804 g/mol. The molecule has 3 nitrogen and oxygen atoms in total. The van der Waals surface area contributed by atoms with E-state index in [0.29, 0.717) is 17.5 Å². The van der Waals surface area contributed by atoms with Gasteiger partial charge in [-0.1, -0.05) is 208 Å². The summed E-state index contributed by atoms with van der Waals surface area (Å²) in [6.07, 6.45) is 0. The molecule has 3 heteroatoms. The van der Waals surface area contributed by atoms with Crippen molar-refractivity contribution in [3.8, 4) is 78.7 Å². The van der Waals surface area contributed by atoms with Gasteiger partial charge in [-0.05, 0) is 106 Å². The van der Waals surface area contributed by atoms with Crippen LogP contribution in [0.3, 0.4) is 0 Å². The molecule has 0 atom stereocenters. The molecule has 0 unspecified atom stereocenters. The quantitative estimate of drug-likeness (QED) is 0.157. The Hall–Kier alpha value is -8.01. The van der Waals surface area contributed by atoms with Crippen LogP contribution in [0.15, 0.2) is 212 Å². The lowest BCUT2D eigenvalue weighted by atomic mass is 9.81. The summed E-state index contributed by atoms with van der Waals surface area (Å²) in [5.74, 6) is 1.90. The standard InChI is InChI=1S/C60H41N3/c1-60(2)55-20-12-11-19-51(55)52-34-30-45(37-56(52)60)44-29-32-50-53(35-44)48-18-10-9-17-47(48)49-33-31-46(36-54(49)50)59-62-57(42-25-21-40(22-26-42)38-13-5-3-6-14-38)61-58(63-59)43-27-23-41(24-28-43)39-15-7-4-8-16-39/h3-37H,1-2H3. The van der Waals surface area contributed by atoms with Crippen LogP contribution in [0.2, 0.25) is 0 Å². The molecule has 0 amide bonds. The monoisotopic (exact) mass is 803 g/mol. The van der Waals surface area contributed by atoms with E-state index in [1.165, 1.54) is 76.8 Å². The largest absolute Gasteiger partial charge is 0.208 e. The summed E-state index contributed by atoms with van der Waals surface area (Å²) < 4.78 is 0. The molecule has 10 aromatic carbocycles. The van der Waals surface area contributed by atoms with E-state index >= 15 is 0 Å². The second-order valence-electron chi connectivity index (χ2n) is 17.2. The van der Waals surface area contributed by atoms with E-state index in [1.54, 1.807) is 0 Å². The van der Waals surface area contributed by atoms with E-state index in [1.807, 2.05) is 12.1 Å². The van der Waals surface area contributed by atoms with Gasteiger partial charge in [0, 0.05) is 22.1 Å². The van der Waals surface area contributed by atoms with E-state index in [0.717, 1.165) is 27.8 Å². The highest BCUT2D eigenvalue weighted by atomic mass is 15.0. The van der Waals surface area contributed by atoms with Gasteiger partial charge in [0.05, 0.1) is 0 Å². The van der Waals surface area contributed by atoms with E-state index in [9.17, 15) is 0 Å². The third kappa shape index (κ3) is 6.23. The van der Waals surface area contributed by atoms with Gasteiger partial charge in [0.1, 0.15) is 0 Å². The summed E-state index contributed by atoms with van der Waals surface area (Å²) in [6.45, 7) is 4.70. The first kappa shape index (κ1) is 36.8. The third-order valence-corrected chi connectivity index (χ3v) is 13.1. The number of hydrogen-bond acceptors (Lipinski definition) is 3. The van der Waals surface area contributed by atoms with Crippen molar-refractivity contribution in [2.75, 3.05) is 0 Å².